The monoisotopic (exact) mass is 318 g/mol. The summed E-state index contributed by atoms with van der Waals surface area (Å²) in [6, 6.07) is 5.81. The lowest BCUT2D eigenvalue weighted by molar-refractivity contribution is -0.136. The fourth-order valence-corrected chi connectivity index (χ4v) is 3.26. The maximum absolute atomic E-state index is 11.4. The largest absolute Gasteiger partial charge is 0.387 e. The Balaban J connectivity index is 1.57. The van der Waals surface area contributed by atoms with Gasteiger partial charge in [0, 0.05) is 44.3 Å². The third-order valence-electron chi connectivity index (χ3n) is 3.68. The summed E-state index contributed by atoms with van der Waals surface area (Å²) in [7, 11) is 0. The van der Waals surface area contributed by atoms with Crippen LogP contribution in [-0.4, -0.2) is 63.6 Å². The first kappa shape index (κ1) is 15.1. The molecule has 0 bridgehead atoms. The number of nitrogens with zero attached hydrogens (tertiary/aromatic N) is 4. The van der Waals surface area contributed by atoms with Gasteiger partial charge in [0.05, 0.1) is 11.4 Å². The van der Waals surface area contributed by atoms with E-state index in [1.165, 1.54) is 0 Å². The lowest BCUT2D eigenvalue weighted by Crippen LogP contribution is -2.49. The van der Waals surface area contributed by atoms with Gasteiger partial charge in [0.15, 0.2) is 0 Å². The molecule has 0 aliphatic carbocycles. The van der Waals surface area contributed by atoms with Crippen molar-refractivity contribution >= 4 is 17.2 Å². The molecule has 22 heavy (non-hydrogen) atoms. The smallest absolute Gasteiger partial charge is 0.248 e. The van der Waals surface area contributed by atoms with Crippen LogP contribution in [0.15, 0.2) is 29.8 Å². The zero-order valence-electron chi connectivity index (χ0n) is 12.2. The number of amides is 1. The third-order valence-corrected chi connectivity index (χ3v) is 4.60. The van der Waals surface area contributed by atoms with Crippen LogP contribution in [0.2, 0.25) is 0 Å². The highest BCUT2D eigenvalue weighted by Gasteiger charge is 2.21. The summed E-state index contributed by atoms with van der Waals surface area (Å²) in [4.78, 5) is 24.4. The fourth-order valence-electron chi connectivity index (χ4n) is 2.47. The lowest BCUT2D eigenvalue weighted by atomic mass is 10.3. The first-order chi connectivity index (χ1) is 10.8. The zero-order valence-corrected chi connectivity index (χ0v) is 13.0. The number of aliphatic hydroxyl groups is 1. The van der Waals surface area contributed by atoms with Crippen LogP contribution in [0.4, 0.5) is 0 Å². The molecule has 116 valence electrons. The van der Waals surface area contributed by atoms with E-state index in [0.29, 0.717) is 13.1 Å². The molecule has 2 aromatic rings. The van der Waals surface area contributed by atoms with Gasteiger partial charge < -0.3 is 10.0 Å². The molecule has 0 aromatic carbocycles. The van der Waals surface area contributed by atoms with E-state index in [0.717, 1.165) is 36.0 Å². The van der Waals surface area contributed by atoms with Crippen LogP contribution in [0.5, 0.6) is 0 Å². The van der Waals surface area contributed by atoms with Gasteiger partial charge in [-0.2, -0.15) is 0 Å². The van der Waals surface area contributed by atoms with E-state index in [2.05, 4.69) is 20.2 Å². The second kappa shape index (κ2) is 6.95. The Kier molecular flexibility index (Phi) is 4.77. The number of hydrogen-bond donors (Lipinski definition) is 1. The van der Waals surface area contributed by atoms with Crippen molar-refractivity contribution in [1.29, 1.82) is 0 Å². The topological polar surface area (TPSA) is 69.6 Å². The van der Waals surface area contributed by atoms with E-state index in [4.69, 9.17) is 5.11 Å². The van der Waals surface area contributed by atoms with Gasteiger partial charge in [-0.1, -0.05) is 6.07 Å². The van der Waals surface area contributed by atoms with E-state index in [1.54, 1.807) is 22.4 Å². The molecule has 6 nitrogen and oxygen atoms in total. The average molecular weight is 318 g/mol. The number of pyridine rings is 1. The summed E-state index contributed by atoms with van der Waals surface area (Å²) in [6.45, 7) is 3.32. The zero-order chi connectivity index (χ0) is 15.4. The molecular weight excluding hydrogens is 300 g/mol. The highest BCUT2D eigenvalue weighted by molar-refractivity contribution is 7.13. The van der Waals surface area contributed by atoms with E-state index in [-0.39, 0.29) is 5.91 Å². The number of rotatable bonds is 4. The van der Waals surface area contributed by atoms with Crippen molar-refractivity contribution in [2.24, 2.45) is 0 Å². The average Bonchev–Trinajstić information content (AvgIpc) is 3.04. The van der Waals surface area contributed by atoms with Crippen molar-refractivity contribution in [3.05, 3.63) is 35.5 Å². The Morgan fingerprint density at radius 3 is 2.77 bits per heavy atom. The molecule has 1 fully saturated rings. The summed E-state index contributed by atoms with van der Waals surface area (Å²) in [5.41, 5.74) is 1.93. The quantitative estimate of drug-likeness (QED) is 0.905. The molecule has 0 saturated carbocycles. The van der Waals surface area contributed by atoms with Crippen molar-refractivity contribution in [3.8, 4) is 10.7 Å². The second-order valence-electron chi connectivity index (χ2n) is 5.17. The SMILES string of the molecule is O=C(CO)N1CCN(Cc2csc(-c3ccccn3)n2)CC1. The number of carbonyl (C=O) groups is 1. The molecule has 3 heterocycles. The van der Waals surface area contributed by atoms with Crippen molar-refractivity contribution in [2.45, 2.75) is 6.54 Å². The maximum atomic E-state index is 11.4. The van der Waals surface area contributed by atoms with Crippen LogP contribution in [-0.2, 0) is 11.3 Å². The molecule has 1 saturated heterocycles. The van der Waals surface area contributed by atoms with E-state index < -0.39 is 6.61 Å². The maximum Gasteiger partial charge on any atom is 0.248 e. The molecule has 7 heteroatoms. The van der Waals surface area contributed by atoms with Crippen molar-refractivity contribution in [2.75, 3.05) is 32.8 Å². The number of thiazole rings is 1. The van der Waals surface area contributed by atoms with Gasteiger partial charge in [-0.25, -0.2) is 4.98 Å². The first-order valence-corrected chi connectivity index (χ1v) is 8.11. The minimum absolute atomic E-state index is 0.189. The molecule has 1 aliphatic rings. The summed E-state index contributed by atoms with van der Waals surface area (Å²) in [5.74, 6) is -0.189. The molecule has 1 amide bonds. The van der Waals surface area contributed by atoms with Crippen molar-refractivity contribution in [3.63, 3.8) is 0 Å². The molecule has 0 unspecified atom stereocenters. The van der Waals surface area contributed by atoms with Crippen LogP contribution in [0.25, 0.3) is 10.7 Å². The summed E-state index contributed by atoms with van der Waals surface area (Å²) < 4.78 is 0. The van der Waals surface area contributed by atoms with Gasteiger partial charge in [0.1, 0.15) is 11.6 Å². The molecule has 0 spiro atoms. The Bertz CT molecular complexity index is 623. The van der Waals surface area contributed by atoms with E-state index >= 15 is 0 Å². The van der Waals surface area contributed by atoms with Crippen LogP contribution in [0, 0.1) is 0 Å². The minimum atomic E-state index is -0.403. The van der Waals surface area contributed by atoms with Gasteiger partial charge >= 0.3 is 0 Å². The van der Waals surface area contributed by atoms with E-state index in [1.807, 2.05) is 18.2 Å². The fraction of sp³-hybridized carbons (Fsp3) is 0.400. The number of carbonyl (C=O) groups excluding carboxylic acids is 1. The van der Waals surface area contributed by atoms with Crippen molar-refractivity contribution in [1.82, 2.24) is 19.8 Å². The predicted molar refractivity (Wildman–Crippen MR) is 84.3 cm³/mol. The minimum Gasteiger partial charge on any atom is -0.387 e. The second-order valence-corrected chi connectivity index (χ2v) is 6.03. The highest BCUT2D eigenvalue weighted by atomic mass is 32.1. The predicted octanol–water partition coefficient (Wildman–Crippen LogP) is 0.842. The Hall–Kier alpha value is -1.83. The molecular formula is C15H18N4O2S. The van der Waals surface area contributed by atoms with E-state index in [9.17, 15) is 4.79 Å². The summed E-state index contributed by atoms with van der Waals surface area (Å²) >= 11 is 1.60. The van der Waals surface area contributed by atoms with Crippen molar-refractivity contribution < 1.29 is 9.90 Å². The normalized spacial score (nSPS) is 16.0. The van der Waals surface area contributed by atoms with Crippen LogP contribution in [0.1, 0.15) is 5.69 Å². The summed E-state index contributed by atoms with van der Waals surface area (Å²) in [6.07, 6.45) is 1.77. The third kappa shape index (κ3) is 3.49. The summed E-state index contributed by atoms with van der Waals surface area (Å²) in [5, 5.41) is 11.9. The van der Waals surface area contributed by atoms with Gasteiger partial charge in [-0.3, -0.25) is 14.7 Å². The Morgan fingerprint density at radius 1 is 1.27 bits per heavy atom. The number of hydrogen-bond acceptors (Lipinski definition) is 6. The Morgan fingerprint density at radius 2 is 2.09 bits per heavy atom. The van der Waals surface area contributed by atoms with Gasteiger partial charge in [0.2, 0.25) is 5.91 Å². The molecule has 0 radical (unpaired) electrons. The molecule has 1 N–H and O–H groups in total. The highest BCUT2D eigenvalue weighted by Crippen LogP contribution is 2.22. The number of piperazine rings is 1. The first-order valence-electron chi connectivity index (χ1n) is 7.23. The van der Waals surface area contributed by atoms with Crippen LogP contribution in [0.3, 0.4) is 0 Å². The van der Waals surface area contributed by atoms with Crippen LogP contribution >= 0.6 is 11.3 Å². The molecule has 3 rings (SSSR count). The number of aromatic nitrogens is 2. The lowest BCUT2D eigenvalue weighted by Gasteiger charge is -2.34. The van der Waals surface area contributed by atoms with Gasteiger partial charge in [0.25, 0.3) is 0 Å². The molecule has 1 aliphatic heterocycles. The Labute approximate surface area is 133 Å². The standard InChI is InChI=1S/C15H18N4O2S/c20-10-14(21)19-7-5-18(6-8-19)9-12-11-22-15(17-12)13-3-1-2-4-16-13/h1-4,11,20H,5-10H2. The van der Waals surface area contributed by atoms with Gasteiger partial charge in [-0.15, -0.1) is 11.3 Å². The van der Waals surface area contributed by atoms with Crippen LogP contribution < -0.4 is 0 Å². The molecule has 2 aromatic heterocycles. The number of aliphatic hydroxyl groups excluding tert-OH is 1. The van der Waals surface area contributed by atoms with Gasteiger partial charge in [-0.05, 0) is 12.1 Å². The molecule has 0 atom stereocenters.